The van der Waals surface area contributed by atoms with E-state index in [0.717, 1.165) is 20.9 Å². The second kappa shape index (κ2) is 6.93. The van der Waals surface area contributed by atoms with Crippen molar-refractivity contribution in [3.63, 3.8) is 0 Å². The number of hydrogen-bond donors (Lipinski definition) is 3. The molecule has 0 spiro atoms. The molecule has 0 aliphatic heterocycles. The quantitative estimate of drug-likeness (QED) is 0.727. The summed E-state index contributed by atoms with van der Waals surface area (Å²) in [5.74, 6) is -1.54. The molecule has 2 rings (SSSR count). The Bertz CT molecular complexity index is 698. The van der Waals surface area contributed by atoms with E-state index in [1.54, 1.807) is 13.1 Å². The Kier molecular flexibility index (Phi) is 5.20. The summed E-state index contributed by atoms with van der Waals surface area (Å²) in [6.45, 7) is 1.57. The van der Waals surface area contributed by atoms with Crippen LogP contribution in [-0.4, -0.2) is 41.2 Å². The average molecular weight is 369 g/mol. The van der Waals surface area contributed by atoms with E-state index in [4.69, 9.17) is 4.74 Å². The molecular weight excluding hydrogens is 352 g/mol. The van der Waals surface area contributed by atoms with Gasteiger partial charge in [0.25, 0.3) is 0 Å². The number of ether oxygens (including phenoxy) is 1. The van der Waals surface area contributed by atoms with E-state index in [1.165, 1.54) is 7.11 Å². The number of aromatic nitrogens is 1. The normalized spacial score (nSPS) is 13.8. The fraction of sp³-hybridized carbons (Fsp3) is 0.333. The SMILES string of the molecule is COC(C)C(=O)NC(Cc1c[nH]c2cccc(Br)c12)C(=O)O. The average Bonchev–Trinajstić information content (AvgIpc) is 2.90. The van der Waals surface area contributed by atoms with E-state index in [-0.39, 0.29) is 6.42 Å². The van der Waals surface area contributed by atoms with Crippen molar-refractivity contribution < 1.29 is 19.4 Å². The molecule has 1 amide bonds. The number of carbonyl (C=O) groups is 2. The number of hydrogen-bond acceptors (Lipinski definition) is 3. The summed E-state index contributed by atoms with van der Waals surface area (Å²) in [7, 11) is 1.40. The Hall–Kier alpha value is -1.86. The first kappa shape index (κ1) is 16.5. The minimum Gasteiger partial charge on any atom is -0.480 e. The van der Waals surface area contributed by atoms with E-state index in [0.29, 0.717) is 0 Å². The van der Waals surface area contributed by atoms with Gasteiger partial charge in [-0.15, -0.1) is 0 Å². The first-order valence-electron chi connectivity index (χ1n) is 6.74. The van der Waals surface area contributed by atoms with Gasteiger partial charge < -0.3 is 20.1 Å². The van der Waals surface area contributed by atoms with Crippen molar-refractivity contribution in [1.29, 1.82) is 0 Å². The lowest BCUT2D eigenvalue weighted by Gasteiger charge is -2.17. The molecule has 3 N–H and O–H groups in total. The molecule has 0 saturated heterocycles. The second-order valence-electron chi connectivity index (χ2n) is 4.96. The van der Waals surface area contributed by atoms with Gasteiger partial charge in [-0.3, -0.25) is 4.79 Å². The third kappa shape index (κ3) is 3.48. The van der Waals surface area contributed by atoms with Crippen LogP contribution in [-0.2, 0) is 20.7 Å². The number of H-pyrrole nitrogens is 1. The van der Waals surface area contributed by atoms with Crippen LogP contribution in [0.4, 0.5) is 0 Å². The maximum Gasteiger partial charge on any atom is 0.326 e. The summed E-state index contributed by atoms with van der Waals surface area (Å²) in [6, 6.07) is 4.67. The van der Waals surface area contributed by atoms with Crippen molar-refractivity contribution in [2.24, 2.45) is 0 Å². The highest BCUT2D eigenvalue weighted by atomic mass is 79.9. The van der Waals surface area contributed by atoms with E-state index in [2.05, 4.69) is 26.2 Å². The highest BCUT2D eigenvalue weighted by Crippen LogP contribution is 2.27. The molecule has 0 saturated carbocycles. The molecule has 1 heterocycles. The number of halogens is 1. The maximum atomic E-state index is 11.8. The van der Waals surface area contributed by atoms with Crippen LogP contribution in [0.2, 0.25) is 0 Å². The molecule has 0 aliphatic rings. The van der Waals surface area contributed by atoms with E-state index >= 15 is 0 Å². The van der Waals surface area contributed by atoms with Gasteiger partial charge in [-0.05, 0) is 24.6 Å². The van der Waals surface area contributed by atoms with Crippen LogP contribution in [0.15, 0.2) is 28.9 Å². The van der Waals surface area contributed by atoms with E-state index < -0.39 is 24.0 Å². The number of benzene rings is 1. The smallest absolute Gasteiger partial charge is 0.326 e. The highest BCUT2D eigenvalue weighted by molar-refractivity contribution is 9.10. The fourth-order valence-corrected chi connectivity index (χ4v) is 2.81. The number of aliphatic carboxylic acids is 1. The van der Waals surface area contributed by atoms with Gasteiger partial charge in [0.2, 0.25) is 5.91 Å². The standard InChI is InChI=1S/C15H17BrN2O4/c1-8(22-2)14(19)18-12(15(20)21)6-9-7-17-11-5-3-4-10(16)13(9)11/h3-5,7-8,12,17H,6H2,1-2H3,(H,18,19)(H,20,21). The Morgan fingerprint density at radius 1 is 1.45 bits per heavy atom. The monoisotopic (exact) mass is 368 g/mol. The third-order valence-corrected chi connectivity index (χ3v) is 4.16. The van der Waals surface area contributed by atoms with Gasteiger partial charge in [-0.25, -0.2) is 4.79 Å². The van der Waals surface area contributed by atoms with Gasteiger partial charge in [-0.1, -0.05) is 22.0 Å². The van der Waals surface area contributed by atoms with Crippen molar-refractivity contribution >= 4 is 38.7 Å². The zero-order chi connectivity index (χ0) is 16.3. The molecule has 0 bridgehead atoms. The minimum atomic E-state index is -1.09. The molecule has 2 aromatic rings. The Balaban J connectivity index is 2.24. The molecule has 6 nitrogen and oxygen atoms in total. The van der Waals surface area contributed by atoms with Crippen LogP contribution >= 0.6 is 15.9 Å². The van der Waals surface area contributed by atoms with Crippen LogP contribution in [0.5, 0.6) is 0 Å². The zero-order valence-corrected chi connectivity index (χ0v) is 13.8. The number of rotatable bonds is 6. The lowest BCUT2D eigenvalue weighted by Crippen LogP contribution is -2.46. The number of carbonyl (C=O) groups excluding carboxylic acids is 1. The lowest BCUT2D eigenvalue weighted by molar-refractivity contribution is -0.143. The van der Waals surface area contributed by atoms with Gasteiger partial charge in [0.05, 0.1) is 0 Å². The fourth-order valence-electron chi connectivity index (χ4n) is 2.18. The molecule has 22 heavy (non-hydrogen) atoms. The van der Waals surface area contributed by atoms with Crippen molar-refractivity contribution in [1.82, 2.24) is 10.3 Å². The van der Waals surface area contributed by atoms with Gasteiger partial charge in [0.1, 0.15) is 12.1 Å². The molecule has 2 atom stereocenters. The van der Waals surface area contributed by atoms with Crippen molar-refractivity contribution in [3.8, 4) is 0 Å². The van der Waals surface area contributed by atoms with Gasteiger partial charge >= 0.3 is 5.97 Å². The Morgan fingerprint density at radius 3 is 2.82 bits per heavy atom. The molecular formula is C15H17BrN2O4. The largest absolute Gasteiger partial charge is 0.480 e. The number of carboxylic acids is 1. The Labute approximate surface area is 136 Å². The predicted molar refractivity (Wildman–Crippen MR) is 85.7 cm³/mol. The maximum absolute atomic E-state index is 11.8. The molecule has 1 aromatic heterocycles. The molecule has 7 heteroatoms. The second-order valence-corrected chi connectivity index (χ2v) is 5.81. The van der Waals surface area contributed by atoms with Gasteiger partial charge in [-0.2, -0.15) is 0 Å². The van der Waals surface area contributed by atoms with Crippen LogP contribution in [0.3, 0.4) is 0 Å². The summed E-state index contributed by atoms with van der Waals surface area (Å²) in [5, 5.41) is 12.8. The summed E-state index contributed by atoms with van der Waals surface area (Å²) in [6.07, 6.45) is 1.24. The highest BCUT2D eigenvalue weighted by Gasteiger charge is 2.24. The number of nitrogens with one attached hydrogen (secondary N) is 2. The number of carboxylic acid groups (broad SMARTS) is 1. The van der Waals surface area contributed by atoms with E-state index in [1.807, 2.05) is 18.2 Å². The van der Waals surface area contributed by atoms with Crippen LogP contribution < -0.4 is 5.32 Å². The molecule has 1 aromatic carbocycles. The van der Waals surface area contributed by atoms with Crippen LogP contribution in [0, 0.1) is 0 Å². The summed E-state index contributed by atoms with van der Waals surface area (Å²) in [4.78, 5) is 26.3. The summed E-state index contributed by atoms with van der Waals surface area (Å²) >= 11 is 3.46. The summed E-state index contributed by atoms with van der Waals surface area (Å²) in [5.41, 5.74) is 1.73. The first-order chi connectivity index (χ1) is 10.4. The number of methoxy groups -OCH3 is 1. The number of aromatic amines is 1. The Morgan fingerprint density at radius 2 is 2.18 bits per heavy atom. The van der Waals surface area contributed by atoms with Crippen LogP contribution in [0.25, 0.3) is 10.9 Å². The van der Waals surface area contributed by atoms with Gasteiger partial charge in [0, 0.05) is 35.1 Å². The van der Waals surface area contributed by atoms with Crippen molar-refractivity contribution in [2.45, 2.75) is 25.5 Å². The van der Waals surface area contributed by atoms with Crippen LogP contribution in [0.1, 0.15) is 12.5 Å². The van der Waals surface area contributed by atoms with Gasteiger partial charge in [0.15, 0.2) is 0 Å². The third-order valence-electron chi connectivity index (χ3n) is 3.50. The molecule has 0 radical (unpaired) electrons. The number of amides is 1. The molecule has 0 fully saturated rings. The molecule has 0 aliphatic carbocycles. The molecule has 2 unspecified atom stereocenters. The lowest BCUT2D eigenvalue weighted by atomic mass is 10.0. The van der Waals surface area contributed by atoms with Crippen molar-refractivity contribution in [2.75, 3.05) is 7.11 Å². The topological polar surface area (TPSA) is 91.4 Å². The van der Waals surface area contributed by atoms with E-state index in [9.17, 15) is 14.7 Å². The van der Waals surface area contributed by atoms with Crippen molar-refractivity contribution in [3.05, 3.63) is 34.4 Å². The first-order valence-corrected chi connectivity index (χ1v) is 7.53. The summed E-state index contributed by atoms with van der Waals surface area (Å²) < 4.78 is 5.78. The molecule has 118 valence electrons. The minimum absolute atomic E-state index is 0.181. The number of fused-ring (bicyclic) bond motifs is 1. The zero-order valence-electron chi connectivity index (χ0n) is 12.2. The predicted octanol–water partition coefficient (Wildman–Crippen LogP) is 2.08.